The van der Waals surface area contributed by atoms with Gasteiger partial charge in [0.25, 0.3) is 0 Å². The van der Waals surface area contributed by atoms with Gasteiger partial charge in [-0.25, -0.2) is 0 Å². The first kappa shape index (κ1) is 16.7. The lowest BCUT2D eigenvalue weighted by atomic mass is 10.1. The van der Waals surface area contributed by atoms with E-state index >= 15 is 0 Å². The molecule has 112 valence electrons. The van der Waals surface area contributed by atoms with Crippen molar-refractivity contribution in [1.29, 1.82) is 0 Å². The third-order valence-corrected chi connectivity index (χ3v) is 3.70. The maximum Gasteiger partial charge on any atom is 0.169 e. The smallest absolute Gasteiger partial charge is 0.169 e. The number of thiocarbonyl (C=S) groups is 1. The third kappa shape index (κ3) is 4.98. The molecule has 1 N–H and O–H groups in total. The van der Waals surface area contributed by atoms with Crippen LogP contribution in [0.15, 0.2) is 24.3 Å². The van der Waals surface area contributed by atoms with Gasteiger partial charge in [-0.05, 0) is 37.2 Å². The summed E-state index contributed by atoms with van der Waals surface area (Å²) in [5.41, 5.74) is 1.19. The SMILES string of the molecule is COCCNC(=S)N(C)C(C)Cc1ccccc1OC. The van der Waals surface area contributed by atoms with Crippen molar-refractivity contribution in [1.82, 2.24) is 10.2 Å². The van der Waals surface area contributed by atoms with E-state index in [-0.39, 0.29) is 6.04 Å². The Bertz CT molecular complexity index is 426. The van der Waals surface area contributed by atoms with Crippen molar-refractivity contribution >= 4 is 17.3 Å². The summed E-state index contributed by atoms with van der Waals surface area (Å²) in [4.78, 5) is 2.07. The molecule has 1 aromatic carbocycles. The van der Waals surface area contributed by atoms with Gasteiger partial charge in [0.1, 0.15) is 5.75 Å². The second kappa shape index (κ2) is 8.76. The molecule has 0 amide bonds. The number of benzene rings is 1. The summed E-state index contributed by atoms with van der Waals surface area (Å²) in [5, 5.41) is 3.92. The second-order valence-electron chi connectivity index (χ2n) is 4.70. The van der Waals surface area contributed by atoms with Crippen molar-refractivity contribution in [2.24, 2.45) is 0 Å². The van der Waals surface area contributed by atoms with Gasteiger partial charge < -0.3 is 19.7 Å². The summed E-state index contributed by atoms with van der Waals surface area (Å²) in [6.07, 6.45) is 0.882. The Morgan fingerprint density at radius 1 is 1.35 bits per heavy atom. The topological polar surface area (TPSA) is 33.7 Å². The summed E-state index contributed by atoms with van der Waals surface area (Å²) in [6.45, 7) is 3.52. The van der Waals surface area contributed by atoms with Crippen LogP contribution in [0.4, 0.5) is 0 Å². The average molecular weight is 296 g/mol. The van der Waals surface area contributed by atoms with Crippen LogP contribution in [0.25, 0.3) is 0 Å². The van der Waals surface area contributed by atoms with E-state index in [1.54, 1.807) is 14.2 Å². The first-order chi connectivity index (χ1) is 9.60. The number of para-hydroxylation sites is 1. The highest BCUT2D eigenvalue weighted by molar-refractivity contribution is 7.80. The monoisotopic (exact) mass is 296 g/mol. The molecule has 0 saturated heterocycles. The Kier molecular flexibility index (Phi) is 7.33. The largest absolute Gasteiger partial charge is 0.496 e. The molecule has 1 atom stereocenters. The van der Waals surface area contributed by atoms with E-state index in [0.29, 0.717) is 6.61 Å². The lowest BCUT2D eigenvalue weighted by molar-refractivity contribution is 0.202. The lowest BCUT2D eigenvalue weighted by Crippen LogP contribution is -2.44. The molecule has 0 aliphatic carbocycles. The molecule has 4 nitrogen and oxygen atoms in total. The zero-order valence-corrected chi connectivity index (χ0v) is 13.5. The minimum atomic E-state index is 0.286. The van der Waals surface area contributed by atoms with Gasteiger partial charge >= 0.3 is 0 Å². The molecule has 0 aromatic heterocycles. The van der Waals surface area contributed by atoms with Crippen LogP contribution < -0.4 is 10.1 Å². The van der Waals surface area contributed by atoms with Crippen molar-refractivity contribution < 1.29 is 9.47 Å². The van der Waals surface area contributed by atoms with Crippen LogP contribution in [0, 0.1) is 0 Å². The van der Waals surface area contributed by atoms with Gasteiger partial charge in [-0.3, -0.25) is 0 Å². The Morgan fingerprint density at radius 3 is 2.70 bits per heavy atom. The third-order valence-electron chi connectivity index (χ3n) is 3.27. The molecule has 0 spiro atoms. The fourth-order valence-electron chi connectivity index (χ4n) is 1.91. The van der Waals surface area contributed by atoms with Crippen LogP contribution in [0.5, 0.6) is 5.75 Å². The standard InChI is InChI=1S/C15H24N2O2S/c1-12(17(2)15(20)16-9-10-18-3)11-13-7-5-6-8-14(13)19-4/h5-8,12H,9-11H2,1-4H3,(H,16,20). The van der Waals surface area contributed by atoms with E-state index in [1.165, 1.54) is 5.56 Å². The maximum atomic E-state index is 5.38. The molecule has 5 heteroatoms. The molecule has 0 heterocycles. The van der Waals surface area contributed by atoms with Gasteiger partial charge in [0.15, 0.2) is 5.11 Å². The van der Waals surface area contributed by atoms with E-state index in [2.05, 4.69) is 23.2 Å². The lowest BCUT2D eigenvalue weighted by Gasteiger charge is -2.28. The second-order valence-corrected chi connectivity index (χ2v) is 5.09. The van der Waals surface area contributed by atoms with E-state index in [0.717, 1.165) is 23.8 Å². The highest BCUT2D eigenvalue weighted by Crippen LogP contribution is 2.20. The van der Waals surface area contributed by atoms with Crippen LogP contribution >= 0.6 is 12.2 Å². The normalized spacial score (nSPS) is 11.8. The first-order valence-corrected chi connectivity index (χ1v) is 7.12. The van der Waals surface area contributed by atoms with Gasteiger partial charge in [0, 0.05) is 26.7 Å². The van der Waals surface area contributed by atoms with Crippen LogP contribution in [0.3, 0.4) is 0 Å². The van der Waals surface area contributed by atoms with Gasteiger partial charge in [0.05, 0.1) is 13.7 Å². The average Bonchev–Trinajstić information content (AvgIpc) is 2.47. The number of methoxy groups -OCH3 is 2. The first-order valence-electron chi connectivity index (χ1n) is 6.71. The van der Waals surface area contributed by atoms with E-state index in [4.69, 9.17) is 21.7 Å². The van der Waals surface area contributed by atoms with E-state index < -0.39 is 0 Å². The number of hydrogen-bond donors (Lipinski definition) is 1. The molecule has 0 aliphatic rings. The molecule has 20 heavy (non-hydrogen) atoms. The molecule has 0 bridgehead atoms. The number of nitrogens with one attached hydrogen (secondary N) is 1. The number of nitrogens with zero attached hydrogens (tertiary/aromatic N) is 1. The quantitative estimate of drug-likeness (QED) is 0.615. The van der Waals surface area contributed by atoms with Crippen molar-refractivity contribution in [2.45, 2.75) is 19.4 Å². The van der Waals surface area contributed by atoms with Crippen LogP contribution in [0.2, 0.25) is 0 Å². The van der Waals surface area contributed by atoms with Crippen molar-refractivity contribution in [3.8, 4) is 5.75 Å². The van der Waals surface area contributed by atoms with Gasteiger partial charge in [-0.2, -0.15) is 0 Å². The van der Waals surface area contributed by atoms with Crippen molar-refractivity contribution in [3.63, 3.8) is 0 Å². The molecule has 1 aromatic rings. The molecule has 1 rings (SSSR count). The number of rotatable bonds is 7. The molecular weight excluding hydrogens is 272 g/mol. The Labute approximate surface area is 127 Å². The Morgan fingerprint density at radius 2 is 2.05 bits per heavy atom. The number of ether oxygens (including phenoxy) is 2. The van der Waals surface area contributed by atoms with Crippen molar-refractivity contribution in [2.75, 3.05) is 34.4 Å². The summed E-state index contributed by atoms with van der Waals surface area (Å²) in [7, 11) is 5.38. The summed E-state index contributed by atoms with van der Waals surface area (Å²) < 4.78 is 10.4. The van der Waals surface area contributed by atoms with Gasteiger partial charge in [-0.15, -0.1) is 0 Å². The van der Waals surface area contributed by atoms with Crippen LogP contribution in [-0.4, -0.2) is 50.5 Å². The Balaban J connectivity index is 2.56. The minimum absolute atomic E-state index is 0.286. The molecule has 0 aliphatic heterocycles. The maximum absolute atomic E-state index is 5.38. The molecular formula is C15H24N2O2S. The number of hydrogen-bond acceptors (Lipinski definition) is 3. The van der Waals surface area contributed by atoms with Crippen LogP contribution in [0.1, 0.15) is 12.5 Å². The van der Waals surface area contributed by atoms with Crippen molar-refractivity contribution in [3.05, 3.63) is 29.8 Å². The van der Waals surface area contributed by atoms with E-state index in [9.17, 15) is 0 Å². The van der Waals surface area contributed by atoms with E-state index in [1.807, 2.05) is 25.2 Å². The summed E-state index contributed by atoms with van der Waals surface area (Å²) >= 11 is 5.37. The molecule has 0 saturated carbocycles. The zero-order chi connectivity index (χ0) is 15.0. The zero-order valence-electron chi connectivity index (χ0n) is 12.7. The number of likely N-dealkylation sites (N-methyl/N-ethyl adjacent to an activating group) is 1. The van der Waals surface area contributed by atoms with Gasteiger partial charge in [-0.1, -0.05) is 18.2 Å². The minimum Gasteiger partial charge on any atom is -0.496 e. The highest BCUT2D eigenvalue weighted by atomic mass is 32.1. The summed E-state index contributed by atoms with van der Waals surface area (Å²) in [6, 6.07) is 8.36. The highest BCUT2D eigenvalue weighted by Gasteiger charge is 2.14. The predicted octanol–water partition coefficient (Wildman–Crippen LogP) is 2.08. The molecule has 0 fully saturated rings. The van der Waals surface area contributed by atoms with Gasteiger partial charge in [0.2, 0.25) is 0 Å². The Hall–Kier alpha value is -1.33. The molecule has 1 unspecified atom stereocenters. The fourth-order valence-corrected chi connectivity index (χ4v) is 2.19. The fraction of sp³-hybridized carbons (Fsp3) is 0.533. The summed E-state index contributed by atoms with van der Waals surface area (Å²) in [5.74, 6) is 0.922. The predicted molar refractivity (Wildman–Crippen MR) is 86.4 cm³/mol. The van der Waals surface area contributed by atoms with Crippen LogP contribution in [-0.2, 0) is 11.2 Å². The molecule has 0 radical (unpaired) electrons.